The number of anilines is 1. The molecule has 4 aromatic rings. The van der Waals surface area contributed by atoms with Gasteiger partial charge in [-0.25, -0.2) is 0 Å². The van der Waals surface area contributed by atoms with Crippen molar-refractivity contribution in [2.45, 2.75) is 19.5 Å². The van der Waals surface area contributed by atoms with Crippen LogP contribution in [0.5, 0.6) is 0 Å². The number of carbonyl (C=O) groups excluding carboxylic acids is 1. The van der Waals surface area contributed by atoms with Crippen molar-refractivity contribution in [3.05, 3.63) is 100 Å². The van der Waals surface area contributed by atoms with Crippen LogP contribution in [0, 0.1) is 6.92 Å². The van der Waals surface area contributed by atoms with Gasteiger partial charge in [0.05, 0.1) is 23.4 Å². The number of hydrogen-bond donors (Lipinski definition) is 1. The smallest absolute Gasteiger partial charge is 0.325 e. The van der Waals surface area contributed by atoms with Crippen LogP contribution in [0.15, 0.2) is 77.9 Å². The Hall–Kier alpha value is -3.94. The highest BCUT2D eigenvalue weighted by molar-refractivity contribution is 6.02. The molecular weight excluding hydrogens is 419 g/mol. The zero-order valence-electron chi connectivity index (χ0n) is 17.0. The number of amides is 1. The lowest BCUT2D eigenvalue weighted by molar-refractivity contribution is -0.137. The van der Waals surface area contributed by atoms with E-state index in [-0.39, 0.29) is 12.0 Å². The summed E-state index contributed by atoms with van der Waals surface area (Å²) in [5.74, 6) is -0.399. The van der Waals surface area contributed by atoms with Crippen molar-refractivity contribution < 1.29 is 18.0 Å². The van der Waals surface area contributed by atoms with E-state index >= 15 is 0 Å². The summed E-state index contributed by atoms with van der Waals surface area (Å²) in [4.78, 5) is 29.8. The second-order valence-corrected chi connectivity index (χ2v) is 7.29. The molecule has 8 heteroatoms. The number of nitrogens with one attached hydrogen (secondary N) is 1. The first-order valence-electron chi connectivity index (χ1n) is 9.76. The molecule has 0 radical (unpaired) electrons. The SMILES string of the molecule is Cc1ncccc1-n1ccc2c(NC(=O)Cc3ccc(C(F)(F)F)cc3)cccc2c1=O. The number of benzene rings is 2. The molecule has 162 valence electrons. The van der Waals surface area contributed by atoms with E-state index in [1.54, 1.807) is 48.8 Å². The molecule has 0 fully saturated rings. The Morgan fingerprint density at radius 1 is 1.00 bits per heavy atom. The normalized spacial score (nSPS) is 11.5. The highest BCUT2D eigenvalue weighted by Gasteiger charge is 2.30. The first-order chi connectivity index (χ1) is 15.2. The zero-order valence-corrected chi connectivity index (χ0v) is 17.0. The van der Waals surface area contributed by atoms with Crippen molar-refractivity contribution in [2.75, 3.05) is 5.32 Å². The molecule has 0 saturated carbocycles. The van der Waals surface area contributed by atoms with E-state index in [4.69, 9.17) is 0 Å². The number of aromatic nitrogens is 2. The summed E-state index contributed by atoms with van der Waals surface area (Å²) in [6.45, 7) is 1.81. The predicted octanol–water partition coefficient (Wildman–Crippen LogP) is 4.89. The van der Waals surface area contributed by atoms with E-state index in [9.17, 15) is 22.8 Å². The maximum Gasteiger partial charge on any atom is 0.416 e. The fourth-order valence-corrected chi connectivity index (χ4v) is 3.50. The highest BCUT2D eigenvalue weighted by Crippen LogP contribution is 2.29. The lowest BCUT2D eigenvalue weighted by atomic mass is 10.1. The van der Waals surface area contributed by atoms with Gasteiger partial charge in [-0.15, -0.1) is 0 Å². The van der Waals surface area contributed by atoms with Gasteiger partial charge in [0.1, 0.15) is 0 Å². The number of hydrogen-bond acceptors (Lipinski definition) is 3. The molecule has 2 aromatic carbocycles. The molecule has 0 saturated heterocycles. The fraction of sp³-hybridized carbons (Fsp3) is 0.125. The van der Waals surface area contributed by atoms with Gasteiger partial charge in [-0.1, -0.05) is 18.2 Å². The minimum Gasteiger partial charge on any atom is -0.325 e. The fourth-order valence-electron chi connectivity index (χ4n) is 3.50. The van der Waals surface area contributed by atoms with Gasteiger partial charge in [-0.05, 0) is 55.0 Å². The largest absolute Gasteiger partial charge is 0.416 e. The van der Waals surface area contributed by atoms with Crippen LogP contribution >= 0.6 is 0 Å². The Bertz CT molecular complexity index is 1360. The average molecular weight is 437 g/mol. The second kappa shape index (κ2) is 8.30. The summed E-state index contributed by atoms with van der Waals surface area (Å²) in [5, 5.41) is 3.74. The van der Waals surface area contributed by atoms with E-state index in [0.29, 0.717) is 33.4 Å². The molecule has 4 rings (SSSR count). The van der Waals surface area contributed by atoms with Crippen molar-refractivity contribution in [1.82, 2.24) is 9.55 Å². The minimum atomic E-state index is -4.43. The number of pyridine rings is 2. The van der Waals surface area contributed by atoms with E-state index in [1.807, 2.05) is 6.92 Å². The summed E-state index contributed by atoms with van der Waals surface area (Å²) < 4.78 is 39.6. The van der Waals surface area contributed by atoms with Crippen LogP contribution in [0.2, 0.25) is 0 Å². The lowest BCUT2D eigenvalue weighted by Gasteiger charge is -2.12. The Balaban J connectivity index is 1.60. The van der Waals surface area contributed by atoms with Crippen LogP contribution in [0.25, 0.3) is 16.5 Å². The first-order valence-corrected chi connectivity index (χ1v) is 9.76. The highest BCUT2D eigenvalue weighted by atomic mass is 19.4. The van der Waals surface area contributed by atoms with Gasteiger partial charge >= 0.3 is 6.18 Å². The Kier molecular flexibility index (Phi) is 5.52. The van der Waals surface area contributed by atoms with E-state index in [2.05, 4.69) is 10.3 Å². The predicted molar refractivity (Wildman–Crippen MR) is 116 cm³/mol. The third kappa shape index (κ3) is 4.25. The maximum absolute atomic E-state index is 13.1. The van der Waals surface area contributed by atoms with Gasteiger partial charge in [-0.2, -0.15) is 13.2 Å². The Morgan fingerprint density at radius 3 is 2.44 bits per heavy atom. The van der Waals surface area contributed by atoms with E-state index in [1.165, 1.54) is 16.7 Å². The van der Waals surface area contributed by atoms with Crippen molar-refractivity contribution in [2.24, 2.45) is 0 Å². The van der Waals surface area contributed by atoms with Gasteiger partial charge < -0.3 is 5.32 Å². The Morgan fingerprint density at radius 2 is 1.75 bits per heavy atom. The molecule has 1 N–H and O–H groups in total. The molecule has 0 spiro atoms. The summed E-state index contributed by atoms with van der Waals surface area (Å²) >= 11 is 0. The molecule has 0 atom stereocenters. The van der Waals surface area contributed by atoms with Crippen molar-refractivity contribution in [1.29, 1.82) is 0 Å². The second-order valence-electron chi connectivity index (χ2n) is 7.29. The quantitative estimate of drug-likeness (QED) is 0.494. The van der Waals surface area contributed by atoms with E-state index in [0.717, 1.165) is 12.1 Å². The third-order valence-corrected chi connectivity index (χ3v) is 5.10. The third-order valence-electron chi connectivity index (χ3n) is 5.10. The average Bonchev–Trinajstić information content (AvgIpc) is 2.75. The lowest BCUT2D eigenvalue weighted by Crippen LogP contribution is -2.20. The molecule has 2 aromatic heterocycles. The molecular formula is C24H18F3N3O2. The molecule has 0 aliphatic heterocycles. The number of nitrogens with zero attached hydrogens (tertiary/aromatic N) is 2. The van der Waals surface area contributed by atoms with Crippen LogP contribution in [0.1, 0.15) is 16.8 Å². The number of rotatable bonds is 4. The monoisotopic (exact) mass is 437 g/mol. The Labute approximate surface area is 181 Å². The molecule has 2 heterocycles. The van der Waals surface area contributed by atoms with Crippen LogP contribution < -0.4 is 10.9 Å². The molecule has 5 nitrogen and oxygen atoms in total. The topological polar surface area (TPSA) is 64.0 Å². The standard InChI is InChI=1S/C24H18F3N3O2/c1-15-21(6-3-12-28-15)30-13-11-18-19(23(30)32)4-2-5-20(18)29-22(31)14-16-7-9-17(10-8-16)24(25,26)27/h2-13H,14H2,1H3,(H,29,31). The molecule has 1 amide bonds. The van der Waals surface area contributed by atoms with Crippen LogP contribution in [0.4, 0.5) is 18.9 Å². The van der Waals surface area contributed by atoms with Gasteiger partial charge in [0.25, 0.3) is 5.56 Å². The van der Waals surface area contributed by atoms with Crippen molar-refractivity contribution in [3.63, 3.8) is 0 Å². The number of fused-ring (bicyclic) bond motifs is 1. The number of halogens is 3. The molecule has 0 aliphatic carbocycles. The molecule has 32 heavy (non-hydrogen) atoms. The van der Waals surface area contributed by atoms with Crippen LogP contribution in [-0.4, -0.2) is 15.5 Å². The summed E-state index contributed by atoms with van der Waals surface area (Å²) in [5.41, 5.74) is 1.25. The summed E-state index contributed by atoms with van der Waals surface area (Å²) in [7, 11) is 0. The molecule has 0 aliphatic rings. The molecule has 0 unspecified atom stereocenters. The minimum absolute atomic E-state index is 0.0968. The molecule has 0 bridgehead atoms. The van der Waals surface area contributed by atoms with Crippen LogP contribution in [-0.2, 0) is 17.4 Å². The van der Waals surface area contributed by atoms with E-state index < -0.39 is 17.6 Å². The van der Waals surface area contributed by atoms with Gasteiger partial charge in [0, 0.05) is 28.9 Å². The maximum atomic E-state index is 13.1. The van der Waals surface area contributed by atoms with Gasteiger partial charge in [-0.3, -0.25) is 19.1 Å². The van der Waals surface area contributed by atoms with Crippen molar-refractivity contribution >= 4 is 22.4 Å². The number of carbonyl (C=O) groups is 1. The van der Waals surface area contributed by atoms with Gasteiger partial charge in [0.15, 0.2) is 0 Å². The van der Waals surface area contributed by atoms with Crippen molar-refractivity contribution in [3.8, 4) is 5.69 Å². The number of alkyl halides is 3. The van der Waals surface area contributed by atoms with Crippen LogP contribution in [0.3, 0.4) is 0 Å². The zero-order chi connectivity index (χ0) is 22.9. The van der Waals surface area contributed by atoms with Gasteiger partial charge in [0.2, 0.25) is 5.91 Å². The first kappa shape index (κ1) is 21.3. The summed E-state index contributed by atoms with van der Waals surface area (Å²) in [6.07, 6.45) is -1.25. The number of aryl methyl sites for hydroxylation is 1. The summed E-state index contributed by atoms with van der Waals surface area (Å²) in [6, 6.07) is 14.7.